The first-order chi connectivity index (χ1) is 13.2. The Morgan fingerprint density at radius 3 is 2.46 bits per heavy atom. The fraction of sp³-hybridized carbons (Fsp3) is 0.682. The van der Waals surface area contributed by atoms with Crippen LogP contribution < -0.4 is 10.6 Å². The second-order valence-corrected chi connectivity index (χ2v) is 7.40. The first-order valence-electron chi connectivity index (χ1n) is 10.4. The first-order valence-corrected chi connectivity index (χ1v) is 10.4. The Bertz CT molecular complexity index is 575. The predicted octanol–water partition coefficient (Wildman–Crippen LogP) is 4.49. The van der Waals surface area contributed by atoms with Crippen LogP contribution in [0.3, 0.4) is 0 Å². The molecule has 0 unspecified atom stereocenters. The molecule has 5 nitrogen and oxygen atoms in total. The van der Waals surface area contributed by atoms with E-state index in [0.717, 1.165) is 38.7 Å². The number of nitrogens with zero attached hydrogens (tertiary/aromatic N) is 1. The molecule has 0 aliphatic heterocycles. The van der Waals surface area contributed by atoms with Crippen LogP contribution in [0.5, 0.6) is 0 Å². The standard InChI is InChI=1S/C22H37N3O2.HI/c1-4-23-21(24-16-19-10-6-7-11-20(19)17-26-3)25-18-22(12-8-9-13-22)14-15-27-5-2;/h6-7,10-11H,4-5,8-9,12-18H2,1-3H3,(H2,23,24,25);1H. The number of methoxy groups -OCH3 is 1. The van der Waals surface area contributed by atoms with Crippen LogP contribution in [0.15, 0.2) is 29.3 Å². The van der Waals surface area contributed by atoms with Gasteiger partial charge in [-0.25, -0.2) is 4.99 Å². The van der Waals surface area contributed by atoms with Gasteiger partial charge in [0, 0.05) is 33.4 Å². The zero-order valence-corrected chi connectivity index (χ0v) is 20.1. The van der Waals surface area contributed by atoms with Crippen molar-refractivity contribution < 1.29 is 9.47 Å². The molecule has 0 amide bonds. The van der Waals surface area contributed by atoms with Crippen molar-refractivity contribution in [1.29, 1.82) is 0 Å². The lowest BCUT2D eigenvalue weighted by Gasteiger charge is -2.30. The number of hydrogen-bond acceptors (Lipinski definition) is 3. The summed E-state index contributed by atoms with van der Waals surface area (Å²) in [4.78, 5) is 4.82. The Hall–Kier alpha value is -0.860. The van der Waals surface area contributed by atoms with E-state index in [-0.39, 0.29) is 24.0 Å². The maximum absolute atomic E-state index is 5.63. The molecule has 1 saturated carbocycles. The highest BCUT2D eigenvalue weighted by atomic mass is 127. The molecule has 160 valence electrons. The van der Waals surface area contributed by atoms with Gasteiger partial charge in [-0.05, 0) is 49.7 Å². The van der Waals surface area contributed by atoms with Crippen LogP contribution in [0.1, 0.15) is 57.1 Å². The molecular weight excluding hydrogens is 465 g/mol. The molecule has 1 aliphatic carbocycles. The van der Waals surface area contributed by atoms with Crippen LogP contribution >= 0.6 is 24.0 Å². The Balaban J connectivity index is 0.00000392. The van der Waals surface area contributed by atoms with Gasteiger partial charge in [-0.3, -0.25) is 0 Å². The summed E-state index contributed by atoms with van der Waals surface area (Å²) < 4.78 is 10.9. The third-order valence-corrected chi connectivity index (χ3v) is 5.45. The Kier molecular flexibility index (Phi) is 12.7. The highest BCUT2D eigenvalue weighted by Gasteiger charge is 2.33. The minimum absolute atomic E-state index is 0. The van der Waals surface area contributed by atoms with Gasteiger partial charge in [-0.15, -0.1) is 24.0 Å². The number of nitrogens with one attached hydrogen (secondary N) is 2. The molecular formula is C22H38IN3O2. The molecule has 1 fully saturated rings. The minimum atomic E-state index is 0. The van der Waals surface area contributed by atoms with Crippen molar-refractivity contribution >= 4 is 29.9 Å². The summed E-state index contributed by atoms with van der Waals surface area (Å²) in [5.41, 5.74) is 2.76. The maximum atomic E-state index is 5.63. The molecule has 1 aromatic rings. The van der Waals surface area contributed by atoms with Gasteiger partial charge in [-0.1, -0.05) is 37.1 Å². The molecule has 0 atom stereocenters. The zero-order chi connectivity index (χ0) is 19.4. The second-order valence-electron chi connectivity index (χ2n) is 7.40. The first kappa shape index (κ1) is 25.2. The molecule has 2 rings (SSSR count). The van der Waals surface area contributed by atoms with Crippen molar-refractivity contribution in [1.82, 2.24) is 10.6 Å². The summed E-state index contributed by atoms with van der Waals surface area (Å²) in [7, 11) is 1.73. The average molecular weight is 503 g/mol. The van der Waals surface area contributed by atoms with Gasteiger partial charge < -0.3 is 20.1 Å². The van der Waals surface area contributed by atoms with E-state index in [2.05, 4.69) is 42.7 Å². The summed E-state index contributed by atoms with van der Waals surface area (Å²) in [5.74, 6) is 0.896. The molecule has 0 bridgehead atoms. The minimum Gasteiger partial charge on any atom is -0.382 e. The lowest BCUT2D eigenvalue weighted by Crippen LogP contribution is -2.43. The Labute approximate surface area is 188 Å². The average Bonchev–Trinajstić information content (AvgIpc) is 3.15. The van der Waals surface area contributed by atoms with Crippen LogP contribution in [-0.2, 0) is 22.6 Å². The quantitative estimate of drug-likeness (QED) is 0.202. The highest BCUT2D eigenvalue weighted by Crippen LogP contribution is 2.40. The van der Waals surface area contributed by atoms with Crippen molar-refractivity contribution in [2.45, 2.75) is 59.1 Å². The van der Waals surface area contributed by atoms with E-state index in [1.54, 1.807) is 7.11 Å². The van der Waals surface area contributed by atoms with E-state index < -0.39 is 0 Å². The topological polar surface area (TPSA) is 54.9 Å². The normalized spacial score (nSPS) is 15.9. The van der Waals surface area contributed by atoms with E-state index in [4.69, 9.17) is 14.5 Å². The third-order valence-electron chi connectivity index (χ3n) is 5.45. The molecule has 0 saturated heterocycles. The van der Waals surface area contributed by atoms with Crippen molar-refractivity contribution in [2.24, 2.45) is 10.4 Å². The summed E-state index contributed by atoms with van der Waals surface area (Å²) in [6, 6.07) is 8.34. The Morgan fingerprint density at radius 1 is 1.11 bits per heavy atom. The molecule has 28 heavy (non-hydrogen) atoms. The van der Waals surface area contributed by atoms with Crippen molar-refractivity contribution in [3.05, 3.63) is 35.4 Å². The molecule has 1 aliphatic rings. The van der Waals surface area contributed by atoms with E-state index in [9.17, 15) is 0 Å². The molecule has 0 heterocycles. The summed E-state index contributed by atoms with van der Waals surface area (Å²) in [6.07, 6.45) is 6.34. The SMILES string of the molecule is CCNC(=NCc1ccccc1COC)NCC1(CCOCC)CCCC1.I. The number of hydrogen-bond donors (Lipinski definition) is 2. The molecule has 0 radical (unpaired) electrons. The molecule has 6 heteroatoms. The second kappa shape index (κ2) is 14.2. The van der Waals surface area contributed by atoms with E-state index in [0.29, 0.717) is 18.6 Å². The molecule has 0 spiro atoms. The molecule has 2 N–H and O–H groups in total. The van der Waals surface area contributed by atoms with Crippen LogP contribution in [0.2, 0.25) is 0 Å². The third kappa shape index (κ3) is 8.25. The molecule has 1 aromatic carbocycles. The summed E-state index contributed by atoms with van der Waals surface area (Å²) >= 11 is 0. The summed E-state index contributed by atoms with van der Waals surface area (Å²) in [6.45, 7) is 8.93. The van der Waals surface area contributed by atoms with Gasteiger partial charge in [0.2, 0.25) is 0 Å². The Morgan fingerprint density at radius 2 is 1.82 bits per heavy atom. The van der Waals surface area contributed by atoms with Crippen LogP contribution in [0.4, 0.5) is 0 Å². The van der Waals surface area contributed by atoms with Crippen LogP contribution in [0.25, 0.3) is 0 Å². The number of rotatable bonds is 11. The number of benzene rings is 1. The van der Waals surface area contributed by atoms with Crippen molar-refractivity contribution in [3.8, 4) is 0 Å². The molecule has 0 aromatic heterocycles. The van der Waals surface area contributed by atoms with Gasteiger partial charge in [0.05, 0.1) is 13.2 Å². The zero-order valence-electron chi connectivity index (χ0n) is 17.8. The van der Waals surface area contributed by atoms with Crippen molar-refractivity contribution in [3.63, 3.8) is 0 Å². The lowest BCUT2D eigenvalue weighted by molar-refractivity contribution is 0.105. The van der Waals surface area contributed by atoms with Crippen LogP contribution in [-0.4, -0.2) is 39.4 Å². The van der Waals surface area contributed by atoms with Gasteiger partial charge in [0.1, 0.15) is 0 Å². The highest BCUT2D eigenvalue weighted by molar-refractivity contribution is 14.0. The van der Waals surface area contributed by atoms with Crippen molar-refractivity contribution in [2.75, 3.05) is 33.4 Å². The van der Waals surface area contributed by atoms with E-state index >= 15 is 0 Å². The largest absolute Gasteiger partial charge is 0.382 e. The number of aliphatic imine (C=N–C) groups is 1. The van der Waals surface area contributed by atoms with E-state index in [1.165, 1.54) is 36.8 Å². The monoisotopic (exact) mass is 503 g/mol. The number of ether oxygens (including phenoxy) is 2. The van der Waals surface area contributed by atoms with Gasteiger partial charge in [0.15, 0.2) is 5.96 Å². The fourth-order valence-corrected chi connectivity index (χ4v) is 3.86. The van der Waals surface area contributed by atoms with Gasteiger partial charge in [-0.2, -0.15) is 0 Å². The lowest BCUT2D eigenvalue weighted by atomic mass is 9.83. The maximum Gasteiger partial charge on any atom is 0.191 e. The number of halogens is 1. The van der Waals surface area contributed by atoms with Crippen LogP contribution in [0, 0.1) is 5.41 Å². The summed E-state index contributed by atoms with van der Waals surface area (Å²) in [5, 5.41) is 6.99. The number of guanidine groups is 1. The smallest absolute Gasteiger partial charge is 0.191 e. The fourth-order valence-electron chi connectivity index (χ4n) is 3.86. The predicted molar refractivity (Wildman–Crippen MR) is 127 cm³/mol. The van der Waals surface area contributed by atoms with E-state index in [1.807, 2.05) is 6.07 Å². The van der Waals surface area contributed by atoms with Gasteiger partial charge in [0.25, 0.3) is 0 Å². The van der Waals surface area contributed by atoms with Gasteiger partial charge >= 0.3 is 0 Å².